The van der Waals surface area contributed by atoms with Crippen LogP contribution in [0.15, 0.2) is 11.4 Å². The second-order valence-corrected chi connectivity index (χ2v) is 7.31. The first kappa shape index (κ1) is 15.1. The third-order valence-electron chi connectivity index (χ3n) is 3.84. The minimum atomic E-state index is 0.183. The molecule has 2 heterocycles. The molecular formula is C16H22N2OS. The van der Waals surface area contributed by atoms with Gasteiger partial charge in [0.15, 0.2) is 0 Å². The van der Waals surface area contributed by atoms with Gasteiger partial charge < -0.3 is 10.6 Å². The van der Waals surface area contributed by atoms with E-state index in [1.54, 1.807) is 11.3 Å². The number of nitrogens with two attached hydrogens (primary N) is 1. The van der Waals surface area contributed by atoms with Gasteiger partial charge in [-0.25, -0.2) is 0 Å². The third kappa shape index (κ3) is 3.41. The fourth-order valence-corrected chi connectivity index (χ4v) is 3.24. The Morgan fingerprint density at radius 3 is 2.85 bits per heavy atom. The minimum absolute atomic E-state index is 0.183. The van der Waals surface area contributed by atoms with E-state index in [4.69, 9.17) is 5.73 Å². The van der Waals surface area contributed by atoms with Gasteiger partial charge in [-0.3, -0.25) is 4.79 Å². The van der Waals surface area contributed by atoms with Crippen LogP contribution in [0.25, 0.3) is 0 Å². The van der Waals surface area contributed by atoms with Gasteiger partial charge >= 0.3 is 0 Å². The summed E-state index contributed by atoms with van der Waals surface area (Å²) in [6.45, 7) is 8.51. The van der Waals surface area contributed by atoms with E-state index >= 15 is 0 Å². The average Bonchev–Trinajstić information content (AvgIpc) is 2.94. The summed E-state index contributed by atoms with van der Waals surface area (Å²) in [5, 5.41) is 2.03. The standard InChI is InChI=1S/C16H22N2OS/c1-16(2,3)13-9-15(19)18(10-13)11-14-12(5-4-7-17)6-8-20-14/h6,8,13H,7,9-11,17H2,1-3H3. The lowest BCUT2D eigenvalue weighted by atomic mass is 9.80. The molecule has 1 unspecified atom stereocenters. The molecule has 1 fully saturated rings. The zero-order valence-corrected chi connectivity index (χ0v) is 13.2. The molecule has 1 aliphatic rings. The van der Waals surface area contributed by atoms with Gasteiger partial charge in [0.25, 0.3) is 0 Å². The Morgan fingerprint density at radius 2 is 2.25 bits per heavy atom. The van der Waals surface area contributed by atoms with E-state index in [0.717, 1.165) is 17.0 Å². The molecule has 4 heteroatoms. The number of amides is 1. The summed E-state index contributed by atoms with van der Waals surface area (Å²) < 4.78 is 0. The Morgan fingerprint density at radius 1 is 1.50 bits per heavy atom. The van der Waals surface area contributed by atoms with Crippen molar-refractivity contribution < 1.29 is 4.79 Å². The van der Waals surface area contributed by atoms with Crippen molar-refractivity contribution in [1.29, 1.82) is 0 Å². The second kappa shape index (κ2) is 5.99. The molecule has 1 aliphatic heterocycles. The lowest BCUT2D eigenvalue weighted by molar-refractivity contribution is -0.128. The Balaban J connectivity index is 2.08. The van der Waals surface area contributed by atoms with Crippen LogP contribution in [0.5, 0.6) is 0 Å². The van der Waals surface area contributed by atoms with Crippen molar-refractivity contribution in [3.8, 4) is 11.8 Å². The van der Waals surface area contributed by atoms with Crippen LogP contribution in [0.3, 0.4) is 0 Å². The number of carbonyl (C=O) groups excluding carboxylic acids is 1. The molecule has 1 aromatic heterocycles. The number of rotatable bonds is 2. The highest BCUT2D eigenvalue weighted by molar-refractivity contribution is 7.10. The molecular weight excluding hydrogens is 268 g/mol. The van der Waals surface area contributed by atoms with Crippen molar-refractivity contribution in [3.05, 3.63) is 21.9 Å². The third-order valence-corrected chi connectivity index (χ3v) is 4.75. The Hall–Kier alpha value is -1.31. The fourth-order valence-electron chi connectivity index (χ4n) is 2.40. The van der Waals surface area contributed by atoms with Gasteiger partial charge in [0.05, 0.1) is 13.1 Å². The molecule has 1 atom stereocenters. The molecule has 2 N–H and O–H groups in total. The highest BCUT2D eigenvalue weighted by Crippen LogP contribution is 2.35. The van der Waals surface area contributed by atoms with Crippen molar-refractivity contribution in [2.75, 3.05) is 13.1 Å². The molecule has 20 heavy (non-hydrogen) atoms. The summed E-state index contributed by atoms with van der Waals surface area (Å²) in [6, 6.07) is 2.00. The maximum Gasteiger partial charge on any atom is 0.223 e. The smallest absolute Gasteiger partial charge is 0.223 e. The van der Waals surface area contributed by atoms with Crippen molar-refractivity contribution >= 4 is 17.2 Å². The van der Waals surface area contributed by atoms with E-state index in [1.165, 1.54) is 0 Å². The van der Waals surface area contributed by atoms with Crippen molar-refractivity contribution in [3.63, 3.8) is 0 Å². The number of likely N-dealkylation sites (tertiary alicyclic amines) is 1. The van der Waals surface area contributed by atoms with Gasteiger partial charge in [0.1, 0.15) is 0 Å². The maximum atomic E-state index is 12.2. The number of carbonyl (C=O) groups is 1. The zero-order chi connectivity index (χ0) is 14.8. The summed E-state index contributed by atoms with van der Waals surface area (Å²) in [5.74, 6) is 6.66. The van der Waals surface area contributed by atoms with Crippen molar-refractivity contribution in [2.24, 2.45) is 17.1 Å². The molecule has 0 aromatic carbocycles. The molecule has 1 saturated heterocycles. The second-order valence-electron chi connectivity index (χ2n) is 6.30. The Labute approximate surface area is 125 Å². The van der Waals surface area contributed by atoms with Crippen LogP contribution < -0.4 is 5.73 Å². The number of hydrogen-bond donors (Lipinski definition) is 1. The Bertz CT molecular complexity index is 545. The van der Waals surface area contributed by atoms with Crippen molar-refractivity contribution in [2.45, 2.75) is 33.7 Å². The van der Waals surface area contributed by atoms with Gasteiger partial charge in [-0.1, -0.05) is 32.6 Å². The fraction of sp³-hybridized carbons (Fsp3) is 0.562. The molecule has 108 valence electrons. The molecule has 3 nitrogen and oxygen atoms in total. The number of hydrogen-bond acceptors (Lipinski definition) is 3. The van der Waals surface area contributed by atoms with Crippen LogP contribution in [0, 0.1) is 23.2 Å². The molecule has 1 amide bonds. The summed E-state index contributed by atoms with van der Waals surface area (Å²) in [5.41, 5.74) is 6.60. The quantitative estimate of drug-likeness (QED) is 0.850. The normalized spacial score (nSPS) is 19.1. The van der Waals surface area contributed by atoms with E-state index in [9.17, 15) is 4.79 Å². The van der Waals surface area contributed by atoms with Gasteiger partial charge in [-0.05, 0) is 22.8 Å². The highest BCUT2D eigenvalue weighted by Gasteiger charge is 2.36. The summed E-state index contributed by atoms with van der Waals surface area (Å²) in [4.78, 5) is 15.3. The number of thiophene rings is 1. The SMILES string of the molecule is CC(C)(C)C1CC(=O)N(Cc2sccc2C#CCN)C1. The lowest BCUT2D eigenvalue weighted by Crippen LogP contribution is -2.27. The van der Waals surface area contributed by atoms with E-state index in [2.05, 4.69) is 32.6 Å². The predicted molar refractivity (Wildman–Crippen MR) is 83.2 cm³/mol. The molecule has 0 saturated carbocycles. The average molecular weight is 290 g/mol. The first-order valence-corrected chi connectivity index (χ1v) is 7.83. The van der Waals surface area contributed by atoms with Crippen LogP contribution in [-0.4, -0.2) is 23.9 Å². The van der Waals surface area contributed by atoms with Gasteiger partial charge in [0.2, 0.25) is 5.91 Å². The van der Waals surface area contributed by atoms with Gasteiger partial charge in [-0.15, -0.1) is 11.3 Å². The molecule has 0 radical (unpaired) electrons. The van der Waals surface area contributed by atoms with Crippen LogP contribution in [0.2, 0.25) is 0 Å². The van der Waals surface area contributed by atoms with Crippen LogP contribution in [0.4, 0.5) is 0 Å². The minimum Gasteiger partial charge on any atom is -0.337 e. The largest absolute Gasteiger partial charge is 0.337 e. The van der Waals surface area contributed by atoms with Gasteiger partial charge in [-0.2, -0.15) is 0 Å². The van der Waals surface area contributed by atoms with Crippen LogP contribution >= 0.6 is 11.3 Å². The zero-order valence-electron chi connectivity index (χ0n) is 12.4. The number of nitrogens with zero attached hydrogens (tertiary/aromatic N) is 1. The Kier molecular flexibility index (Phi) is 4.52. The predicted octanol–water partition coefficient (Wildman–Crippen LogP) is 2.45. The van der Waals surface area contributed by atoms with E-state index < -0.39 is 0 Å². The van der Waals surface area contributed by atoms with Gasteiger partial charge in [0, 0.05) is 23.4 Å². The molecule has 0 bridgehead atoms. The summed E-state index contributed by atoms with van der Waals surface area (Å²) in [6.07, 6.45) is 0.665. The topological polar surface area (TPSA) is 46.3 Å². The van der Waals surface area contributed by atoms with Crippen molar-refractivity contribution in [1.82, 2.24) is 4.90 Å². The first-order chi connectivity index (χ1) is 9.41. The monoisotopic (exact) mass is 290 g/mol. The van der Waals surface area contributed by atoms with E-state index in [0.29, 0.717) is 25.4 Å². The molecule has 1 aromatic rings. The molecule has 2 rings (SSSR count). The van der Waals surface area contributed by atoms with E-state index in [1.807, 2.05) is 16.3 Å². The maximum absolute atomic E-state index is 12.2. The first-order valence-electron chi connectivity index (χ1n) is 6.95. The summed E-state index contributed by atoms with van der Waals surface area (Å²) >= 11 is 1.66. The lowest BCUT2D eigenvalue weighted by Gasteiger charge is -2.26. The highest BCUT2D eigenvalue weighted by atomic mass is 32.1. The molecule has 0 spiro atoms. The van der Waals surface area contributed by atoms with Crippen LogP contribution in [0.1, 0.15) is 37.6 Å². The summed E-state index contributed by atoms with van der Waals surface area (Å²) in [7, 11) is 0. The molecule has 0 aliphatic carbocycles. The van der Waals surface area contributed by atoms with E-state index in [-0.39, 0.29) is 11.3 Å². The van der Waals surface area contributed by atoms with Crippen LogP contribution in [-0.2, 0) is 11.3 Å².